The highest BCUT2D eigenvalue weighted by Crippen LogP contribution is 2.42. The first-order valence-corrected chi connectivity index (χ1v) is 6.25. The number of rotatable bonds is 6. The summed E-state index contributed by atoms with van der Waals surface area (Å²) in [5.41, 5.74) is -0.267. The smallest absolute Gasteiger partial charge is 0.226 e. The van der Waals surface area contributed by atoms with Crippen molar-refractivity contribution in [3.63, 3.8) is 0 Å². The highest BCUT2D eigenvalue weighted by Gasteiger charge is 2.43. The Morgan fingerprint density at radius 3 is 2.82 bits per heavy atom. The predicted molar refractivity (Wildman–Crippen MR) is 63.7 cm³/mol. The standard InChI is InChI=1S/C12H21N3O2/c1-9(13-2)5-6-10-14-11(15-17-10)12(16-3)7-4-8-12/h9,13H,4-8H2,1-3H3. The second-order valence-electron chi connectivity index (χ2n) is 4.79. The third kappa shape index (κ3) is 2.50. The van der Waals surface area contributed by atoms with Gasteiger partial charge in [0.2, 0.25) is 11.7 Å². The summed E-state index contributed by atoms with van der Waals surface area (Å²) in [4.78, 5) is 4.45. The van der Waals surface area contributed by atoms with Crippen LogP contribution in [0.15, 0.2) is 4.52 Å². The summed E-state index contributed by atoms with van der Waals surface area (Å²) in [5.74, 6) is 1.43. The first-order chi connectivity index (χ1) is 8.20. The van der Waals surface area contributed by atoms with Gasteiger partial charge in [-0.15, -0.1) is 0 Å². The number of methoxy groups -OCH3 is 1. The van der Waals surface area contributed by atoms with Gasteiger partial charge in [0, 0.05) is 19.6 Å². The summed E-state index contributed by atoms with van der Waals surface area (Å²) in [7, 11) is 3.68. The van der Waals surface area contributed by atoms with Gasteiger partial charge in [-0.05, 0) is 39.7 Å². The van der Waals surface area contributed by atoms with Crippen LogP contribution in [0.25, 0.3) is 0 Å². The molecule has 0 aromatic carbocycles. The van der Waals surface area contributed by atoms with E-state index in [1.54, 1.807) is 7.11 Å². The molecule has 1 fully saturated rings. The number of hydrogen-bond acceptors (Lipinski definition) is 5. The van der Waals surface area contributed by atoms with Crippen molar-refractivity contribution in [2.24, 2.45) is 0 Å². The zero-order chi connectivity index (χ0) is 12.3. The van der Waals surface area contributed by atoms with E-state index in [-0.39, 0.29) is 5.60 Å². The fraction of sp³-hybridized carbons (Fsp3) is 0.833. The number of hydrogen-bond donors (Lipinski definition) is 1. The van der Waals surface area contributed by atoms with E-state index in [2.05, 4.69) is 22.4 Å². The Morgan fingerprint density at radius 1 is 1.53 bits per heavy atom. The van der Waals surface area contributed by atoms with Gasteiger partial charge in [-0.1, -0.05) is 5.16 Å². The fourth-order valence-electron chi connectivity index (χ4n) is 2.04. The molecule has 5 heteroatoms. The monoisotopic (exact) mass is 239 g/mol. The van der Waals surface area contributed by atoms with E-state index in [1.165, 1.54) is 6.42 Å². The minimum atomic E-state index is -0.267. The maximum absolute atomic E-state index is 5.52. The summed E-state index contributed by atoms with van der Waals surface area (Å²) in [6, 6.07) is 0.463. The maximum Gasteiger partial charge on any atom is 0.226 e. The third-order valence-corrected chi connectivity index (χ3v) is 3.71. The van der Waals surface area contributed by atoms with Crippen molar-refractivity contribution < 1.29 is 9.26 Å². The van der Waals surface area contributed by atoms with E-state index >= 15 is 0 Å². The molecule has 1 unspecified atom stereocenters. The van der Waals surface area contributed by atoms with Gasteiger partial charge in [0.1, 0.15) is 5.60 Å². The Kier molecular flexibility index (Phi) is 3.79. The third-order valence-electron chi connectivity index (χ3n) is 3.71. The van der Waals surface area contributed by atoms with E-state index in [0.29, 0.717) is 11.9 Å². The molecule has 0 amide bonds. The lowest BCUT2D eigenvalue weighted by molar-refractivity contribution is -0.0858. The molecular formula is C12H21N3O2. The van der Waals surface area contributed by atoms with Crippen LogP contribution < -0.4 is 5.32 Å². The number of nitrogens with one attached hydrogen (secondary N) is 1. The van der Waals surface area contributed by atoms with Crippen LogP contribution >= 0.6 is 0 Å². The van der Waals surface area contributed by atoms with E-state index < -0.39 is 0 Å². The summed E-state index contributed by atoms with van der Waals surface area (Å²) in [6.07, 6.45) is 4.98. The van der Waals surface area contributed by atoms with Gasteiger partial charge in [0.15, 0.2) is 0 Å². The van der Waals surface area contributed by atoms with Crippen LogP contribution in [0.5, 0.6) is 0 Å². The molecule has 1 aromatic heterocycles. The average Bonchev–Trinajstić information content (AvgIpc) is 2.74. The Morgan fingerprint density at radius 2 is 2.29 bits per heavy atom. The number of ether oxygens (including phenoxy) is 1. The van der Waals surface area contributed by atoms with E-state index in [1.807, 2.05) is 7.05 Å². The molecule has 96 valence electrons. The van der Waals surface area contributed by atoms with Gasteiger partial charge in [0.05, 0.1) is 0 Å². The largest absolute Gasteiger partial charge is 0.370 e. The molecule has 1 aliphatic carbocycles. The van der Waals surface area contributed by atoms with Crippen molar-refractivity contribution >= 4 is 0 Å². The van der Waals surface area contributed by atoms with Gasteiger partial charge < -0.3 is 14.6 Å². The van der Waals surface area contributed by atoms with Gasteiger partial charge >= 0.3 is 0 Å². The molecule has 2 rings (SSSR count). The summed E-state index contributed by atoms with van der Waals surface area (Å²) >= 11 is 0. The van der Waals surface area contributed by atoms with E-state index in [4.69, 9.17) is 9.26 Å². The van der Waals surface area contributed by atoms with Gasteiger partial charge in [-0.3, -0.25) is 0 Å². The Hall–Kier alpha value is -0.940. The van der Waals surface area contributed by atoms with Gasteiger partial charge in [-0.2, -0.15) is 4.98 Å². The van der Waals surface area contributed by atoms with Crippen molar-refractivity contribution in [3.05, 3.63) is 11.7 Å². The molecule has 0 bridgehead atoms. The molecule has 1 heterocycles. The molecule has 0 aliphatic heterocycles. The zero-order valence-corrected chi connectivity index (χ0v) is 10.8. The molecule has 17 heavy (non-hydrogen) atoms. The predicted octanol–water partition coefficient (Wildman–Crippen LogP) is 1.64. The second-order valence-corrected chi connectivity index (χ2v) is 4.79. The van der Waals surface area contributed by atoms with Crippen molar-refractivity contribution in [3.8, 4) is 0 Å². The molecule has 1 aromatic rings. The molecule has 0 spiro atoms. The lowest BCUT2D eigenvalue weighted by atomic mass is 9.79. The summed E-state index contributed by atoms with van der Waals surface area (Å²) < 4.78 is 10.8. The lowest BCUT2D eigenvalue weighted by Gasteiger charge is -2.37. The summed E-state index contributed by atoms with van der Waals surface area (Å²) in [5, 5.41) is 7.24. The van der Waals surface area contributed by atoms with Crippen molar-refractivity contribution in [1.82, 2.24) is 15.5 Å². The second kappa shape index (κ2) is 5.14. The molecule has 1 N–H and O–H groups in total. The Balaban J connectivity index is 1.96. The van der Waals surface area contributed by atoms with Crippen LogP contribution in [0.3, 0.4) is 0 Å². The lowest BCUT2D eigenvalue weighted by Crippen LogP contribution is -2.37. The van der Waals surface area contributed by atoms with Crippen LogP contribution in [0.1, 0.15) is 44.3 Å². The molecule has 1 atom stereocenters. The first kappa shape index (κ1) is 12.5. The van der Waals surface area contributed by atoms with Crippen molar-refractivity contribution in [2.45, 2.75) is 50.7 Å². The van der Waals surface area contributed by atoms with Crippen LogP contribution in [-0.2, 0) is 16.8 Å². The maximum atomic E-state index is 5.52. The fourth-order valence-corrected chi connectivity index (χ4v) is 2.04. The highest BCUT2D eigenvalue weighted by atomic mass is 16.5. The number of aryl methyl sites for hydroxylation is 1. The molecule has 5 nitrogen and oxygen atoms in total. The van der Waals surface area contributed by atoms with Crippen molar-refractivity contribution in [1.29, 1.82) is 0 Å². The summed E-state index contributed by atoms with van der Waals surface area (Å²) in [6.45, 7) is 2.14. The molecule has 1 saturated carbocycles. The average molecular weight is 239 g/mol. The highest BCUT2D eigenvalue weighted by molar-refractivity contribution is 5.06. The molecule has 0 radical (unpaired) electrons. The van der Waals surface area contributed by atoms with Crippen LogP contribution in [-0.4, -0.2) is 30.3 Å². The quantitative estimate of drug-likeness (QED) is 0.817. The Labute approximate surface area is 102 Å². The van der Waals surface area contributed by atoms with E-state index in [9.17, 15) is 0 Å². The van der Waals surface area contributed by atoms with Crippen LogP contribution in [0, 0.1) is 0 Å². The first-order valence-electron chi connectivity index (χ1n) is 6.25. The molecular weight excluding hydrogens is 218 g/mol. The zero-order valence-electron chi connectivity index (χ0n) is 10.8. The Bertz CT molecular complexity index is 355. The van der Waals surface area contributed by atoms with E-state index in [0.717, 1.165) is 31.5 Å². The van der Waals surface area contributed by atoms with Crippen LogP contribution in [0.2, 0.25) is 0 Å². The normalized spacial score (nSPS) is 19.9. The van der Waals surface area contributed by atoms with Crippen molar-refractivity contribution in [2.75, 3.05) is 14.2 Å². The SMILES string of the molecule is CNC(C)CCc1nc(C2(OC)CCC2)no1. The van der Waals surface area contributed by atoms with Crippen LogP contribution in [0.4, 0.5) is 0 Å². The number of nitrogens with zero attached hydrogens (tertiary/aromatic N) is 2. The van der Waals surface area contributed by atoms with Gasteiger partial charge in [0.25, 0.3) is 0 Å². The van der Waals surface area contributed by atoms with Gasteiger partial charge in [-0.25, -0.2) is 0 Å². The molecule has 0 saturated heterocycles. The topological polar surface area (TPSA) is 60.2 Å². The number of aromatic nitrogens is 2. The minimum Gasteiger partial charge on any atom is -0.370 e. The molecule has 1 aliphatic rings. The minimum absolute atomic E-state index is 0.267.